The monoisotopic (exact) mass is 460 g/mol. The number of rotatable bonds is 6. The highest BCUT2D eigenvalue weighted by molar-refractivity contribution is 6.30. The van der Waals surface area contributed by atoms with Gasteiger partial charge in [-0.05, 0) is 61.7 Å². The molecule has 7 heteroatoms. The Morgan fingerprint density at radius 1 is 1.18 bits per heavy atom. The van der Waals surface area contributed by atoms with Crippen molar-refractivity contribution >= 4 is 28.8 Å². The van der Waals surface area contributed by atoms with Gasteiger partial charge in [-0.3, -0.25) is 4.99 Å². The maximum absolute atomic E-state index is 6.13. The van der Waals surface area contributed by atoms with Crippen LogP contribution in [0.5, 0.6) is 0 Å². The molecule has 0 saturated carbocycles. The maximum atomic E-state index is 6.13. The van der Waals surface area contributed by atoms with Crippen LogP contribution in [0.2, 0.25) is 5.02 Å². The van der Waals surface area contributed by atoms with Crippen LogP contribution in [0, 0.1) is 6.92 Å². The van der Waals surface area contributed by atoms with Crippen molar-refractivity contribution in [1.29, 1.82) is 0 Å². The fraction of sp³-hybridized carbons (Fsp3) is 0.269. The quantitative estimate of drug-likeness (QED) is 0.445. The molecule has 0 fully saturated rings. The lowest BCUT2D eigenvalue weighted by atomic mass is 10.0. The molecule has 33 heavy (non-hydrogen) atoms. The van der Waals surface area contributed by atoms with Gasteiger partial charge >= 0.3 is 0 Å². The second-order valence-corrected chi connectivity index (χ2v) is 9.20. The highest BCUT2D eigenvalue weighted by Gasteiger charge is 2.30. The summed E-state index contributed by atoms with van der Waals surface area (Å²) in [7, 11) is 0. The lowest BCUT2D eigenvalue weighted by Crippen LogP contribution is -2.34. The van der Waals surface area contributed by atoms with Crippen molar-refractivity contribution in [2.24, 2.45) is 4.99 Å². The number of aryl methyl sites for hydroxylation is 1. The Kier molecular flexibility index (Phi) is 5.77. The van der Waals surface area contributed by atoms with Gasteiger partial charge in [0.15, 0.2) is 0 Å². The third kappa shape index (κ3) is 4.44. The molecule has 2 atom stereocenters. The number of anilines is 2. The maximum Gasteiger partial charge on any atom is 0.128 e. The van der Waals surface area contributed by atoms with Crippen molar-refractivity contribution in [3.8, 4) is 0 Å². The zero-order valence-electron chi connectivity index (χ0n) is 18.9. The number of benzene rings is 2. The molecule has 0 spiro atoms. The fourth-order valence-electron chi connectivity index (χ4n) is 4.51. The SMILES string of the molecule is C=C1NC=CC(NCCc2cccc(Cl)c2)=C1C1Nc2cc(C3=NC[C@H](C)N3)cc(C)c2N1. The molecule has 5 rings (SSSR count). The third-order valence-corrected chi connectivity index (χ3v) is 6.37. The normalized spacial score (nSPS) is 21.1. The summed E-state index contributed by atoms with van der Waals surface area (Å²) >= 11 is 6.13. The molecule has 5 N–H and O–H groups in total. The van der Waals surface area contributed by atoms with E-state index in [0.29, 0.717) is 6.04 Å². The first-order valence-electron chi connectivity index (χ1n) is 11.3. The van der Waals surface area contributed by atoms with Gasteiger partial charge < -0.3 is 26.6 Å². The van der Waals surface area contributed by atoms with Gasteiger partial charge in [0, 0.05) is 46.3 Å². The number of halogens is 1. The summed E-state index contributed by atoms with van der Waals surface area (Å²) < 4.78 is 0. The number of fused-ring (bicyclic) bond motifs is 1. The van der Waals surface area contributed by atoms with Crippen LogP contribution in [-0.4, -0.2) is 31.1 Å². The average Bonchev–Trinajstić information content (AvgIpc) is 3.40. The Bertz CT molecular complexity index is 1200. The predicted octanol–water partition coefficient (Wildman–Crippen LogP) is 4.27. The van der Waals surface area contributed by atoms with E-state index in [4.69, 9.17) is 11.6 Å². The van der Waals surface area contributed by atoms with E-state index in [9.17, 15) is 0 Å². The summed E-state index contributed by atoms with van der Waals surface area (Å²) in [5, 5.41) is 18.4. The van der Waals surface area contributed by atoms with Crippen LogP contribution in [-0.2, 0) is 6.42 Å². The number of nitrogens with one attached hydrogen (secondary N) is 5. The summed E-state index contributed by atoms with van der Waals surface area (Å²) in [5.74, 6) is 0.966. The van der Waals surface area contributed by atoms with Gasteiger partial charge in [-0.1, -0.05) is 30.3 Å². The molecule has 0 radical (unpaired) electrons. The molecule has 2 aromatic rings. The van der Waals surface area contributed by atoms with Gasteiger partial charge in [0.05, 0.1) is 17.9 Å². The van der Waals surface area contributed by atoms with Crippen molar-refractivity contribution in [3.05, 3.63) is 93.9 Å². The van der Waals surface area contributed by atoms with Crippen molar-refractivity contribution in [2.75, 3.05) is 23.7 Å². The van der Waals surface area contributed by atoms with E-state index < -0.39 is 0 Å². The van der Waals surface area contributed by atoms with E-state index in [1.165, 1.54) is 11.1 Å². The van der Waals surface area contributed by atoms with Gasteiger partial charge in [0.2, 0.25) is 0 Å². The van der Waals surface area contributed by atoms with Crippen molar-refractivity contribution in [3.63, 3.8) is 0 Å². The van der Waals surface area contributed by atoms with Gasteiger partial charge in [-0.15, -0.1) is 0 Å². The molecule has 170 valence electrons. The van der Waals surface area contributed by atoms with Crippen LogP contribution in [0.4, 0.5) is 11.4 Å². The minimum absolute atomic E-state index is 0.0926. The zero-order chi connectivity index (χ0) is 22.9. The van der Waals surface area contributed by atoms with Crippen LogP contribution in [0.1, 0.15) is 23.6 Å². The summed E-state index contributed by atoms with van der Waals surface area (Å²) in [6.07, 6.45) is 4.77. The number of allylic oxidation sites excluding steroid dienone is 1. The van der Waals surface area contributed by atoms with Gasteiger partial charge in [0.1, 0.15) is 12.0 Å². The second kappa shape index (κ2) is 8.87. The number of amidine groups is 1. The third-order valence-electron chi connectivity index (χ3n) is 6.13. The van der Waals surface area contributed by atoms with E-state index in [1.807, 2.05) is 24.4 Å². The van der Waals surface area contributed by atoms with E-state index in [0.717, 1.165) is 64.3 Å². The molecular formula is C26H29ClN6. The highest BCUT2D eigenvalue weighted by atomic mass is 35.5. The Morgan fingerprint density at radius 2 is 2.06 bits per heavy atom. The summed E-state index contributed by atoms with van der Waals surface area (Å²) in [4.78, 5) is 4.65. The van der Waals surface area contributed by atoms with Gasteiger partial charge in [0.25, 0.3) is 0 Å². The van der Waals surface area contributed by atoms with Crippen LogP contribution < -0.4 is 26.6 Å². The number of hydrogen-bond acceptors (Lipinski definition) is 6. The average molecular weight is 461 g/mol. The minimum Gasteiger partial charge on any atom is -0.384 e. The highest BCUT2D eigenvalue weighted by Crippen LogP contribution is 2.37. The Balaban J connectivity index is 1.35. The smallest absolute Gasteiger partial charge is 0.128 e. The van der Waals surface area contributed by atoms with Crippen LogP contribution in [0.3, 0.4) is 0 Å². The first-order valence-corrected chi connectivity index (χ1v) is 11.7. The fourth-order valence-corrected chi connectivity index (χ4v) is 4.72. The Hall–Kier alpha value is -3.38. The molecule has 0 amide bonds. The summed E-state index contributed by atoms with van der Waals surface area (Å²) in [5.41, 5.74) is 8.68. The van der Waals surface area contributed by atoms with Crippen LogP contribution in [0.25, 0.3) is 0 Å². The predicted molar refractivity (Wildman–Crippen MR) is 138 cm³/mol. The molecule has 0 saturated heterocycles. The lowest BCUT2D eigenvalue weighted by Gasteiger charge is -2.26. The first kappa shape index (κ1) is 21.5. The van der Waals surface area contributed by atoms with Crippen LogP contribution in [0.15, 0.2) is 77.2 Å². The summed E-state index contributed by atoms with van der Waals surface area (Å²) in [6, 6.07) is 12.7. The van der Waals surface area contributed by atoms with E-state index in [1.54, 1.807) is 0 Å². The number of nitrogens with zero attached hydrogens (tertiary/aromatic N) is 1. The van der Waals surface area contributed by atoms with Crippen molar-refractivity contribution in [2.45, 2.75) is 32.5 Å². The molecule has 0 aliphatic carbocycles. The first-order chi connectivity index (χ1) is 16.0. The number of hydrogen-bond donors (Lipinski definition) is 5. The zero-order valence-corrected chi connectivity index (χ0v) is 19.7. The molecule has 0 bridgehead atoms. The molecule has 3 aliphatic heterocycles. The topological polar surface area (TPSA) is 72.5 Å². The molecule has 6 nitrogen and oxygen atoms in total. The molecule has 0 aromatic heterocycles. The van der Waals surface area contributed by atoms with Crippen LogP contribution >= 0.6 is 11.6 Å². The van der Waals surface area contributed by atoms with Gasteiger partial charge in [-0.2, -0.15) is 0 Å². The second-order valence-electron chi connectivity index (χ2n) is 8.76. The molecule has 3 heterocycles. The molecule has 3 aliphatic rings. The summed E-state index contributed by atoms with van der Waals surface area (Å²) in [6.45, 7) is 10.1. The lowest BCUT2D eigenvalue weighted by molar-refractivity contribution is 0.726. The molecule has 1 unspecified atom stereocenters. The van der Waals surface area contributed by atoms with E-state index >= 15 is 0 Å². The number of aliphatic imine (C=N–C) groups is 1. The van der Waals surface area contributed by atoms with E-state index in [-0.39, 0.29) is 6.17 Å². The molecular weight excluding hydrogens is 432 g/mol. The largest absolute Gasteiger partial charge is 0.384 e. The van der Waals surface area contributed by atoms with E-state index in [2.05, 4.69) is 76.3 Å². The Morgan fingerprint density at radius 3 is 2.85 bits per heavy atom. The Labute approximate surface area is 199 Å². The number of dihydropyridines is 1. The minimum atomic E-state index is -0.0926. The van der Waals surface area contributed by atoms with Gasteiger partial charge in [-0.25, -0.2) is 0 Å². The standard InChI is InChI=1S/C26H29ClN6/c1-15-11-19(25-30-14-16(2)31-25)13-22-24(15)33-26(32-22)23-17(3)28-10-8-21(23)29-9-7-18-5-4-6-20(27)12-18/h4-6,8,10-13,16,26,28-29,32-33H,3,7,9,14H2,1-2H3,(H,30,31)/t16-,26?/m0/s1. The molecule has 2 aromatic carbocycles. The van der Waals surface area contributed by atoms with Crippen molar-refractivity contribution in [1.82, 2.24) is 16.0 Å². The van der Waals surface area contributed by atoms with Crippen molar-refractivity contribution < 1.29 is 0 Å².